The number of hydrogen-bond acceptors (Lipinski definition) is 4. The fourth-order valence-electron chi connectivity index (χ4n) is 1.17. The van der Waals surface area contributed by atoms with Crippen LogP contribution in [0.1, 0.15) is 6.92 Å². The van der Waals surface area contributed by atoms with E-state index in [1.165, 1.54) is 7.11 Å². The quantitative estimate of drug-likeness (QED) is 0.804. The van der Waals surface area contributed by atoms with Crippen LogP contribution in [0.3, 0.4) is 0 Å². The van der Waals surface area contributed by atoms with Gasteiger partial charge in [0, 0.05) is 19.3 Å². The van der Waals surface area contributed by atoms with Crippen LogP contribution < -0.4 is 10.5 Å². The van der Waals surface area contributed by atoms with E-state index >= 15 is 0 Å². The number of sulfonamides is 1. The first kappa shape index (κ1) is 15.2. The molecule has 3 N–H and O–H groups in total. The molecule has 0 aliphatic heterocycles. The van der Waals surface area contributed by atoms with Gasteiger partial charge in [-0.15, -0.1) is 0 Å². The standard InChI is InChI=1S/C10H14ClFN2O3S/c1-6(17-2)5-14-18(15,16)9-4-7(13)3-8(11)10(9)12/h3-4,6,14H,5,13H2,1-2H3. The average molecular weight is 297 g/mol. The minimum Gasteiger partial charge on any atom is -0.399 e. The van der Waals surface area contributed by atoms with Gasteiger partial charge in [0.25, 0.3) is 0 Å². The topological polar surface area (TPSA) is 81.4 Å². The number of benzene rings is 1. The van der Waals surface area contributed by atoms with Gasteiger partial charge in [0.2, 0.25) is 10.0 Å². The molecule has 0 aliphatic rings. The van der Waals surface area contributed by atoms with Gasteiger partial charge < -0.3 is 10.5 Å². The largest absolute Gasteiger partial charge is 0.399 e. The molecule has 0 aromatic heterocycles. The summed E-state index contributed by atoms with van der Waals surface area (Å²) in [7, 11) is -2.57. The highest BCUT2D eigenvalue weighted by molar-refractivity contribution is 7.89. The first-order chi connectivity index (χ1) is 8.27. The maximum Gasteiger partial charge on any atom is 0.243 e. The second-order valence-electron chi connectivity index (χ2n) is 3.71. The predicted octanol–water partition coefficient (Wildman–Crippen LogP) is 1.37. The Hall–Kier alpha value is -0.890. The molecule has 0 saturated carbocycles. The van der Waals surface area contributed by atoms with Crippen molar-refractivity contribution in [3.63, 3.8) is 0 Å². The lowest BCUT2D eigenvalue weighted by molar-refractivity contribution is 0.122. The molecule has 0 bridgehead atoms. The number of hydrogen-bond donors (Lipinski definition) is 2. The summed E-state index contributed by atoms with van der Waals surface area (Å²) in [5.74, 6) is -1.02. The zero-order chi connectivity index (χ0) is 13.9. The van der Waals surface area contributed by atoms with Gasteiger partial charge in [-0.3, -0.25) is 0 Å². The molecule has 1 aromatic carbocycles. The summed E-state index contributed by atoms with van der Waals surface area (Å²) in [6.45, 7) is 1.69. The normalized spacial score (nSPS) is 13.6. The number of rotatable bonds is 5. The molecule has 0 heterocycles. The van der Waals surface area contributed by atoms with Crippen LogP contribution in [0.4, 0.5) is 10.1 Å². The predicted molar refractivity (Wildman–Crippen MR) is 67.5 cm³/mol. The summed E-state index contributed by atoms with van der Waals surface area (Å²) in [6.07, 6.45) is -0.334. The van der Waals surface area contributed by atoms with Crippen molar-refractivity contribution < 1.29 is 17.5 Å². The molecule has 102 valence electrons. The molecular formula is C10H14ClFN2O3S. The van der Waals surface area contributed by atoms with Crippen LogP contribution in [0, 0.1) is 5.82 Å². The van der Waals surface area contributed by atoms with Gasteiger partial charge in [-0.25, -0.2) is 17.5 Å². The van der Waals surface area contributed by atoms with E-state index in [0.29, 0.717) is 0 Å². The summed E-state index contributed by atoms with van der Waals surface area (Å²) >= 11 is 5.54. The smallest absolute Gasteiger partial charge is 0.243 e. The molecule has 0 saturated heterocycles. The van der Waals surface area contributed by atoms with E-state index in [1.54, 1.807) is 6.92 Å². The molecule has 1 atom stereocenters. The van der Waals surface area contributed by atoms with E-state index in [0.717, 1.165) is 12.1 Å². The third-order valence-corrected chi connectivity index (χ3v) is 3.97. The molecule has 0 spiro atoms. The van der Waals surface area contributed by atoms with Crippen molar-refractivity contribution in [2.45, 2.75) is 17.9 Å². The van der Waals surface area contributed by atoms with Crippen LogP contribution >= 0.6 is 11.6 Å². The van der Waals surface area contributed by atoms with Crippen LogP contribution in [0.2, 0.25) is 5.02 Å². The van der Waals surface area contributed by atoms with E-state index in [9.17, 15) is 12.8 Å². The van der Waals surface area contributed by atoms with Crippen LogP contribution in [-0.4, -0.2) is 28.2 Å². The van der Waals surface area contributed by atoms with Gasteiger partial charge in [-0.1, -0.05) is 11.6 Å². The van der Waals surface area contributed by atoms with E-state index in [2.05, 4.69) is 4.72 Å². The Balaban J connectivity index is 3.05. The lowest BCUT2D eigenvalue weighted by Crippen LogP contribution is -2.32. The summed E-state index contributed by atoms with van der Waals surface area (Å²) in [5, 5.41) is -0.338. The highest BCUT2D eigenvalue weighted by atomic mass is 35.5. The lowest BCUT2D eigenvalue weighted by atomic mass is 10.3. The minimum absolute atomic E-state index is 0.0185. The van der Waals surface area contributed by atoms with Crippen LogP contribution in [0.5, 0.6) is 0 Å². The molecular weight excluding hydrogens is 283 g/mol. The molecule has 1 aromatic rings. The number of nitrogens with two attached hydrogens (primary N) is 1. The molecule has 8 heteroatoms. The molecule has 0 fully saturated rings. The summed E-state index contributed by atoms with van der Waals surface area (Å²) < 4.78 is 44.5. The van der Waals surface area contributed by atoms with Gasteiger partial charge >= 0.3 is 0 Å². The molecule has 5 nitrogen and oxygen atoms in total. The Morgan fingerprint density at radius 1 is 1.56 bits per heavy atom. The van der Waals surface area contributed by atoms with Gasteiger partial charge in [-0.05, 0) is 19.1 Å². The maximum absolute atomic E-state index is 13.6. The molecule has 18 heavy (non-hydrogen) atoms. The fourth-order valence-corrected chi connectivity index (χ4v) is 2.70. The highest BCUT2D eigenvalue weighted by Gasteiger charge is 2.22. The third kappa shape index (κ3) is 3.55. The Kier molecular flexibility index (Phi) is 4.92. The zero-order valence-electron chi connectivity index (χ0n) is 9.91. The van der Waals surface area contributed by atoms with Crippen molar-refractivity contribution in [3.8, 4) is 0 Å². The number of methoxy groups -OCH3 is 1. The number of nitrogens with one attached hydrogen (secondary N) is 1. The van der Waals surface area contributed by atoms with Crippen LogP contribution in [0.15, 0.2) is 17.0 Å². The monoisotopic (exact) mass is 296 g/mol. The molecule has 0 radical (unpaired) electrons. The van der Waals surface area contributed by atoms with Crippen molar-refractivity contribution >= 4 is 27.3 Å². The molecule has 1 unspecified atom stereocenters. The summed E-state index contributed by atoms with van der Waals surface area (Å²) in [5.41, 5.74) is 5.51. The van der Waals surface area contributed by atoms with E-state index in [-0.39, 0.29) is 23.4 Å². The van der Waals surface area contributed by atoms with E-state index < -0.39 is 20.7 Å². The van der Waals surface area contributed by atoms with Crippen LogP contribution in [0.25, 0.3) is 0 Å². The second kappa shape index (κ2) is 5.83. The molecule has 0 amide bonds. The van der Waals surface area contributed by atoms with Gasteiger partial charge in [0.05, 0.1) is 11.1 Å². The van der Waals surface area contributed by atoms with Gasteiger partial charge in [0.15, 0.2) is 5.82 Å². The Bertz CT molecular complexity index is 536. The second-order valence-corrected chi connectivity index (χ2v) is 5.86. The first-order valence-electron chi connectivity index (χ1n) is 5.05. The van der Waals surface area contributed by atoms with Crippen molar-refractivity contribution in [3.05, 3.63) is 23.0 Å². The van der Waals surface area contributed by atoms with Crippen molar-refractivity contribution in [2.24, 2.45) is 0 Å². The molecule has 1 rings (SSSR count). The zero-order valence-corrected chi connectivity index (χ0v) is 11.5. The van der Waals surface area contributed by atoms with E-state index in [4.69, 9.17) is 22.1 Å². The van der Waals surface area contributed by atoms with Gasteiger partial charge in [0.1, 0.15) is 4.90 Å². The number of ether oxygens (including phenoxy) is 1. The first-order valence-corrected chi connectivity index (χ1v) is 6.91. The van der Waals surface area contributed by atoms with Crippen LogP contribution in [-0.2, 0) is 14.8 Å². The van der Waals surface area contributed by atoms with Gasteiger partial charge in [-0.2, -0.15) is 0 Å². The highest BCUT2D eigenvalue weighted by Crippen LogP contribution is 2.25. The Morgan fingerprint density at radius 2 is 2.17 bits per heavy atom. The summed E-state index contributed by atoms with van der Waals surface area (Å²) in [6, 6.07) is 2.16. The fraction of sp³-hybridized carbons (Fsp3) is 0.400. The SMILES string of the molecule is COC(C)CNS(=O)(=O)c1cc(N)cc(Cl)c1F. The minimum atomic E-state index is -4.01. The van der Waals surface area contributed by atoms with E-state index in [1.807, 2.05) is 0 Å². The number of halogens is 2. The number of nitrogen functional groups attached to an aromatic ring is 1. The lowest BCUT2D eigenvalue weighted by Gasteiger charge is -2.12. The third-order valence-electron chi connectivity index (χ3n) is 2.27. The van der Waals surface area contributed by atoms with Crippen molar-refractivity contribution in [2.75, 3.05) is 19.4 Å². The summed E-state index contributed by atoms with van der Waals surface area (Å²) in [4.78, 5) is -0.573. The maximum atomic E-state index is 13.6. The van der Waals surface area contributed by atoms with Crippen molar-refractivity contribution in [1.82, 2.24) is 4.72 Å². The van der Waals surface area contributed by atoms with Crippen molar-refractivity contribution in [1.29, 1.82) is 0 Å². The number of anilines is 1. The Morgan fingerprint density at radius 3 is 2.72 bits per heavy atom. The Labute approximate surface area is 110 Å². The average Bonchev–Trinajstić information content (AvgIpc) is 2.30. The molecule has 0 aliphatic carbocycles.